The maximum atomic E-state index is 13.3. The van der Waals surface area contributed by atoms with Gasteiger partial charge in [-0.15, -0.1) is 4.98 Å². The minimum absolute atomic E-state index is 0.0263. The van der Waals surface area contributed by atoms with Gasteiger partial charge in [0.1, 0.15) is 5.82 Å². The molecule has 0 spiro atoms. The molecule has 1 saturated heterocycles. The van der Waals surface area contributed by atoms with E-state index in [1.165, 1.54) is 29.9 Å². The van der Waals surface area contributed by atoms with Crippen molar-refractivity contribution in [3.63, 3.8) is 0 Å². The van der Waals surface area contributed by atoms with Gasteiger partial charge in [-0.05, 0) is 36.8 Å². The molecule has 4 rings (SSSR count). The van der Waals surface area contributed by atoms with E-state index in [-0.39, 0.29) is 42.0 Å². The summed E-state index contributed by atoms with van der Waals surface area (Å²) in [5.74, 6) is -0.204. The highest BCUT2D eigenvalue weighted by atomic mass is 19.1. The lowest BCUT2D eigenvalue weighted by molar-refractivity contribution is -0.385. The highest BCUT2D eigenvalue weighted by molar-refractivity contribution is 5.94. The molecular weight excluding hydrogens is 455 g/mol. The Balaban J connectivity index is 1.74. The molecule has 0 amide bonds. The first-order chi connectivity index (χ1) is 16.8. The zero-order chi connectivity index (χ0) is 25.1. The molecule has 1 unspecified atom stereocenters. The van der Waals surface area contributed by atoms with Crippen LogP contribution in [0.1, 0.15) is 18.5 Å². The maximum absolute atomic E-state index is 13.3. The number of pyridine rings is 2. The summed E-state index contributed by atoms with van der Waals surface area (Å²) < 4.78 is 19.7. The van der Waals surface area contributed by atoms with Gasteiger partial charge in [-0.2, -0.15) is 0 Å². The van der Waals surface area contributed by atoms with Gasteiger partial charge in [0.25, 0.3) is 5.82 Å². The minimum atomic E-state index is -0.728. The zero-order valence-corrected chi connectivity index (χ0v) is 19.5. The van der Waals surface area contributed by atoms with Gasteiger partial charge in [0, 0.05) is 39.3 Å². The van der Waals surface area contributed by atoms with Gasteiger partial charge in [0.15, 0.2) is 5.69 Å². The number of nitrogens with zero attached hydrogens (tertiary/aromatic N) is 6. The molecule has 1 atom stereocenters. The average Bonchev–Trinajstić information content (AvgIpc) is 2.87. The van der Waals surface area contributed by atoms with E-state index in [1.807, 2.05) is 6.92 Å². The van der Waals surface area contributed by atoms with Gasteiger partial charge in [-0.3, -0.25) is 24.4 Å². The third-order valence-electron chi connectivity index (χ3n) is 6.39. The van der Waals surface area contributed by atoms with Crippen LogP contribution in [0.15, 0.2) is 41.2 Å². The first kappa shape index (κ1) is 24.3. The Hall–Kier alpha value is -3.88. The molecule has 3 heterocycles. The van der Waals surface area contributed by atoms with Crippen molar-refractivity contribution in [3.8, 4) is 0 Å². The van der Waals surface area contributed by atoms with Crippen molar-refractivity contribution < 1.29 is 14.1 Å². The fraction of sp³-hybridized carbons (Fsp3) is 0.375. The van der Waals surface area contributed by atoms with Crippen molar-refractivity contribution in [2.24, 2.45) is 0 Å². The van der Waals surface area contributed by atoms with Gasteiger partial charge in [0.2, 0.25) is 5.52 Å². The molecule has 2 aromatic heterocycles. The quantitative estimate of drug-likeness (QED) is 0.290. The number of nitro groups is 1. The van der Waals surface area contributed by atoms with Gasteiger partial charge >= 0.3 is 11.2 Å². The first-order valence-corrected chi connectivity index (χ1v) is 11.2. The normalized spacial score (nSPS) is 15.2. The van der Waals surface area contributed by atoms with Crippen molar-refractivity contribution in [2.45, 2.75) is 19.5 Å². The van der Waals surface area contributed by atoms with Crippen LogP contribution < -0.4 is 10.5 Å². The molecule has 1 aliphatic heterocycles. The van der Waals surface area contributed by atoms with Gasteiger partial charge in [-0.25, -0.2) is 4.39 Å². The monoisotopic (exact) mass is 480 g/mol. The third kappa shape index (κ3) is 4.71. The predicted octanol–water partition coefficient (Wildman–Crippen LogP) is 3.52. The molecule has 11 heteroatoms. The van der Waals surface area contributed by atoms with Crippen molar-refractivity contribution in [2.75, 3.05) is 44.8 Å². The molecule has 0 bridgehead atoms. The Morgan fingerprint density at radius 3 is 2.49 bits per heavy atom. The van der Waals surface area contributed by atoms with Crippen molar-refractivity contribution >= 4 is 28.2 Å². The molecule has 1 fully saturated rings. The molecule has 10 nitrogen and oxygen atoms in total. The largest absolute Gasteiger partial charge is 0.383 e. The van der Waals surface area contributed by atoms with Crippen LogP contribution in [0.5, 0.6) is 0 Å². The molecular formula is C24H25FN6O4. The summed E-state index contributed by atoms with van der Waals surface area (Å²) in [6.07, 6.45) is 0. The lowest BCUT2D eigenvalue weighted by atomic mass is 10.1. The van der Waals surface area contributed by atoms with Crippen LogP contribution in [0.3, 0.4) is 0 Å². The second-order valence-corrected chi connectivity index (χ2v) is 8.30. The molecule has 1 aliphatic rings. The van der Waals surface area contributed by atoms with E-state index in [0.717, 1.165) is 5.56 Å². The number of aromatic nitrogens is 2. The van der Waals surface area contributed by atoms with Crippen LogP contribution >= 0.6 is 0 Å². The molecule has 0 aliphatic carbocycles. The van der Waals surface area contributed by atoms with Crippen LogP contribution in [0, 0.1) is 22.5 Å². The number of fused-ring (bicyclic) bond motifs is 1. The van der Waals surface area contributed by atoms with E-state index in [9.17, 15) is 19.3 Å². The lowest BCUT2D eigenvalue weighted by Crippen LogP contribution is -2.48. The number of ether oxygens (including phenoxy) is 1. The second-order valence-electron chi connectivity index (χ2n) is 8.30. The number of halogens is 1. The average molecular weight is 481 g/mol. The summed E-state index contributed by atoms with van der Waals surface area (Å²) in [6.45, 7) is 11.7. The minimum Gasteiger partial charge on any atom is -0.383 e. The Morgan fingerprint density at radius 2 is 1.89 bits per heavy atom. The molecule has 182 valence electrons. The fourth-order valence-electron chi connectivity index (χ4n) is 4.50. The smallest absolute Gasteiger partial charge is 0.361 e. The second kappa shape index (κ2) is 10.2. The van der Waals surface area contributed by atoms with E-state index < -0.39 is 16.2 Å². The van der Waals surface area contributed by atoms with E-state index in [2.05, 4.69) is 14.7 Å². The van der Waals surface area contributed by atoms with Crippen LogP contribution in [0.4, 0.5) is 21.6 Å². The Kier molecular flexibility index (Phi) is 7.04. The summed E-state index contributed by atoms with van der Waals surface area (Å²) in [4.78, 5) is 36.4. The van der Waals surface area contributed by atoms with Crippen LogP contribution in [-0.2, 0) is 11.3 Å². The van der Waals surface area contributed by atoms with E-state index in [1.54, 1.807) is 23.1 Å². The number of rotatable bonds is 7. The summed E-state index contributed by atoms with van der Waals surface area (Å²) in [5, 5.41) is 12.1. The standard InChI is InChI=1S/C24H25FN6O4/c1-16(17-4-6-18(25)7-5-17)28-10-12-29(13-11-28)22-21-19(8-9-20(26-2)27-21)30(14-15-35-3)24(32)23(22)31(33)34/h4-9,16H,10-15H2,1,3H3. The Morgan fingerprint density at radius 1 is 1.20 bits per heavy atom. The number of benzene rings is 1. The fourth-order valence-corrected chi connectivity index (χ4v) is 4.50. The highest BCUT2D eigenvalue weighted by Gasteiger charge is 2.34. The first-order valence-electron chi connectivity index (χ1n) is 11.2. The lowest BCUT2D eigenvalue weighted by Gasteiger charge is -2.38. The number of piperazine rings is 1. The summed E-state index contributed by atoms with van der Waals surface area (Å²) in [5.41, 5.74) is 0.504. The predicted molar refractivity (Wildman–Crippen MR) is 129 cm³/mol. The number of hydrogen-bond acceptors (Lipinski definition) is 7. The topological polar surface area (TPSA) is 98.1 Å². The number of hydrogen-bond donors (Lipinski definition) is 0. The van der Waals surface area contributed by atoms with Gasteiger partial charge in [0.05, 0.1) is 23.6 Å². The SMILES string of the molecule is [C-]#[N+]c1ccc2c(n1)c(N1CCN(C(C)c3ccc(F)cc3)CC1)c([N+](=O)[O-])c(=O)n2CCOC. The summed E-state index contributed by atoms with van der Waals surface area (Å²) in [6, 6.07) is 9.48. The van der Waals surface area contributed by atoms with Crippen molar-refractivity contribution in [1.29, 1.82) is 0 Å². The van der Waals surface area contributed by atoms with E-state index >= 15 is 0 Å². The maximum Gasteiger partial charge on any atom is 0.361 e. The van der Waals surface area contributed by atoms with Crippen molar-refractivity contribution in [1.82, 2.24) is 14.5 Å². The molecule has 3 aromatic rings. The third-order valence-corrected chi connectivity index (χ3v) is 6.39. The molecule has 35 heavy (non-hydrogen) atoms. The van der Waals surface area contributed by atoms with Crippen LogP contribution in [0.2, 0.25) is 0 Å². The van der Waals surface area contributed by atoms with E-state index in [0.29, 0.717) is 31.7 Å². The van der Waals surface area contributed by atoms with Gasteiger partial charge < -0.3 is 14.5 Å². The molecule has 1 aromatic carbocycles. The Labute approximate surface area is 201 Å². The van der Waals surface area contributed by atoms with Crippen LogP contribution in [0.25, 0.3) is 15.9 Å². The van der Waals surface area contributed by atoms with Gasteiger partial charge in [-0.1, -0.05) is 18.7 Å². The number of anilines is 1. The van der Waals surface area contributed by atoms with E-state index in [4.69, 9.17) is 11.3 Å². The molecule has 0 radical (unpaired) electrons. The zero-order valence-electron chi connectivity index (χ0n) is 19.5. The number of methoxy groups -OCH3 is 1. The Bertz CT molecular complexity index is 1340. The highest BCUT2D eigenvalue weighted by Crippen LogP contribution is 2.35. The molecule has 0 saturated carbocycles. The summed E-state index contributed by atoms with van der Waals surface area (Å²) in [7, 11) is 1.48. The van der Waals surface area contributed by atoms with Crippen molar-refractivity contribution in [3.05, 3.63) is 79.7 Å². The van der Waals surface area contributed by atoms with Crippen LogP contribution in [-0.4, -0.2) is 59.3 Å². The molecule has 0 N–H and O–H groups in total. The summed E-state index contributed by atoms with van der Waals surface area (Å²) >= 11 is 0.